The summed E-state index contributed by atoms with van der Waals surface area (Å²) in [6.45, 7) is 14.6. The number of ketones is 1. The van der Waals surface area contributed by atoms with Gasteiger partial charge in [-0.25, -0.2) is 0 Å². The zero-order chi connectivity index (χ0) is 42.9. The third kappa shape index (κ3) is 6.25. The van der Waals surface area contributed by atoms with Crippen molar-refractivity contribution in [3.05, 3.63) is 11.6 Å². The molecule has 19 atom stereocenters. The summed E-state index contributed by atoms with van der Waals surface area (Å²) in [5.41, 5.74) is -2.11. The first-order valence-electron chi connectivity index (χ1n) is 20.7. The van der Waals surface area contributed by atoms with Crippen LogP contribution in [0, 0.1) is 50.2 Å². The van der Waals surface area contributed by atoms with Gasteiger partial charge in [0.25, 0.3) is 0 Å². The van der Waals surface area contributed by atoms with Gasteiger partial charge in [0.15, 0.2) is 18.4 Å². The highest BCUT2D eigenvalue weighted by molar-refractivity contribution is 5.95. The van der Waals surface area contributed by atoms with Crippen molar-refractivity contribution in [3.63, 3.8) is 0 Å². The minimum atomic E-state index is -2.16. The summed E-state index contributed by atoms with van der Waals surface area (Å²) in [4.78, 5) is 50.9. The summed E-state index contributed by atoms with van der Waals surface area (Å²) in [7, 11) is 0. The Bertz CT molecular complexity index is 1730. The number of aliphatic hydroxyl groups excluding tert-OH is 5. The molecule has 0 spiro atoms. The molecule has 16 nitrogen and oxygen atoms in total. The summed E-state index contributed by atoms with van der Waals surface area (Å²) >= 11 is 0. The molecule has 0 bridgehead atoms. The van der Waals surface area contributed by atoms with Crippen molar-refractivity contribution in [2.45, 2.75) is 174 Å². The molecular weight excluding hydrogens is 760 g/mol. The molecule has 0 aromatic heterocycles. The van der Waals surface area contributed by atoms with E-state index in [1.54, 1.807) is 6.92 Å². The molecule has 2 aliphatic heterocycles. The first-order chi connectivity index (χ1) is 26.8. The number of aliphatic carboxylic acids is 3. The van der Waals surface area contributed by atoms with Crippen LogP contribution in [0.15, 0.2) is 11.6 Å². The van der Waals surface area contributed by atoms with Gasteiger partial charge in [-0.05, 0) is 103 Å². The number of hydrogen-bond acceptors (Lipinski definition) is 16. The van der Waals surface area contributed by atoms with Crippen molar-refractivity contribution >= 4 is 23.7 Å². The number of rotatable bonds is 7. The molecule has 2 saturated heterocycles. The van der Waals surface area contributed by atoms with E-state index in [0.717, 1.165) is 24.8 Å². The van der Waals surface area contributed by atoms with E-state index in [-0.39, 0.29) is 34.4 Å². The lowest BCUT2D eigenvalue weighted by Gasteiger charge is -2.70. The lowest BCUT2D eigenvalue weighted by atomic mass is 9.33. The maximum atomic E-state index is 14.8. The van der Waals surface area contributed by atoms with E-state index in [2.05, 4.69) is 27.7 Å². The van der Waals surface area contributed by atoms with Gasteiger partial charge in [-0.15, -0.1) is 0 Å². The summed E-state index contributed by atoms with van der Waals surface area (Å²) in [6, 6.07) is 0. The maximum Gasteiger partial charge on any atom is 0.187 e. The van der Waals surface area contributed by atoms with Crippen molar-refractivity contribution in [2.75, 3.05) is 0 Å². The monoisotopic (exact) mass is 819 g/mol. The fraction of sp³-hybridized carbons (Fsp3) is 0.857. The predicted molar refractivity (Wildman–Crippen MR) is 192 cm³/mol. The van der Waals surface area contributed by atoms with Crippen LogP contribution in [-0.4, -0.2) is 117 Å². The molecule has 7 rings (SSSR count). The van der Waals surface area contributed by atoms with Crippen molar-refractivity contribution in [1.82, 2.24) is 0 Å². The summed E-state index contributed by atoms with van der Waals surface area (Å²) in [5, 5.41) is 89.2. The van der Waals surface area contributed by atoms with Crippen LogP contribution in [0.5, 0.6) is 0 Å². The Morgan fingerprint density at radius 2 is 1.29 bits per heavy atom. The molecule has 2 heterocycles. The number of carbonyl (C=O) groups is 4. The molecule has 0 aromatic carbocycles. The molecule has 5 aliphatic carbocycles. The molecule has 6 fully saturated rings. The largest absolute Gasteiger partial charge is 0.550 e. The van der Waals surface area contributed by atoms with Gasteiger partial charge in [-0.2, -0.15) is 0 Å². The number of aliphatic hydroxyl groups is 5. The summed E-state index contributed by atoms with van der Waals surface area (Å²) in [6.07, 6.45) is -13.4. The van der Waals surface area contributed by atoms with E-state index in [1.165, 1.54) is 0 Å². The zero-order valence-corrected chi connectivity index (χ0v) is 34.3. The normalized spacial score (nSPS) is 52.6. The van der Waals surface area contributed by atoms with Gasteiger partial charge in [0.05, 0.1) is 18.0 Å². The van der Waals surface area contributed by atoms with Crippen molar-refractivity contribution in [3.8, 4) is 0 Å². The van der Waals surface area contributed by atoms with Crippen LogP contribution in [0.1, 0.15) is 106 Å². The van der Waals surface area contributed by atoms with E-state index in [0.29, 0.717) is 38.5 Å². The Kier molecular flexibility index (Phi) is 10.7. The second-order valence-corrected chi connectivity index (χ2v) is 20.6. The minimum Gasteiger partial charge on any atom is -0.550 e. The van der Waals surface area contributed by atoms with E-state index in [9.17, 15) is 60.0 Å². The molecule has 326 valence electrons. The quantitative estimate of drug-likeness (QED) is 0.178. The second-order valence-electron chi connectivity index (χ2n) is 20.6. The molecule has 15 unspecified atom stereocenters. The van der Waals surface area contributed by atoms with E-state index >= 15 is 0 Å². The molecule has 0 radical (unpaired) electrons. The van der Waals surface area contributed by atoms with Crippen molar-refractivity contribution < 1.29 is 79.0 Å². The Balaban J connectivity index is 1.17. The highest BCUT2D eigenvalue weighted by Crippen LogP contribution is 2.75. The highest BCUT2D eigenvalue weighted by atomic mass is 16.8. The first-order valence-corrected chi connectivity index (χ1v) is 20.7. The minimum absolute atomic E-state index is 0.0357. The average Bonchev–Trinajstić information content (AvgIpc) is 3.13. The van der Waals surface area contributed by atoms with Crippen LogP contribution in [0.25, 0.3) is 0 Å². The molecular formula is C42H59O16-3. The van der Waals surface area contributed by atoms with Gasteiger partial charge in [0.2, 0.25) is 0 Å². The summed E-state index contributed by atoms with van der Waals surface area (Å²) < 4.78 is 23.1. The van der Waals surface area contributed by atoms with Crippen LogP contribution in [0.3, 0.4) is 0 Å². The van der Waals surface area contributed by atoms with Crippen molar-refractivity contribution in [1.29, 1.82) is 0 Å². The van der Waals surface area contributed by atoms with Gasteiger partial charge in [0, 0.05) is 17.3 Å². The average molecular weight is 820 g/mol. The number of allylic oxidation sites excluding steroid dienone is 2. The summed E-state index contributed by atoms with van der Waals surface area (Å²) in [5.74, 6) is -5.37. The fourth-order valence-corrected chi connectivity index (χ4v) is 13.3. The Labute approximate surface area is 337 Å². The standard InChI is InChI=1S/C42H62O16/c1-37(2)21-8-11-42(7)31(20(43)16-18-19-17-39(4,36(53)54)13-12-38(19,3)14-15-41(18,42)6)40(21,5)10-9-22(37)55-35-30(26(47)25(46)29(57-35)33(51)52)58-34-27(48)23(44)24(45)28(56-34)32(49)50/h16,19,21-31,34-35,44-48H,8-15,17H2,1-7H3,(H,49,50)(H,51,52)(H,53,54)/p-3/t19?,21?,22?,23?,24-,25-,26?,27?,28?,29?,30?,31?,34-,35-,38?,39?,40?,41?,42?/m0/s1. The Morgan fingerprint density at radius 1 is 0.707 bits per heavy atom. The van der Waals surface area contributed by atoms with Gasteiger partial charge < -0.3 is 74.2 Å². The molecule has 7 aliphatic rings. The predicted octanol–water partition coefficient (Wildman–Crippen LogP) is -1.76. The number of hydrogen-bond donors (Lipinski definition) is 5. The third-order valence-electron chi connectivity index (χ3n) is 17.2. The molecule has 16 heteroatoms. The number of fused-ring (bicyclic) bond motifs is 7. The molecule has 0 amide bonds. The first kappa shape index (κ1) is 43.5. The highest BCUT2D eigenvalue weighted by Gasteiger charge is 2.70. The third-order valence-corrected chi connectivity index (χ3v) is 17.2. The number of carbonyl (C=O) groups excluding carboxylic acids is 4. The smallest absolute Gasteiger partial charge is 0.187 e. The van der Waals surface area contributed by atoms with Crippen LogP contribution in [0.4, 0.5) is 0 Å². The van der Waals surface area contributed by atoms with Gasteiger partial charge >= 0.3 is 0 Å². The second kappa shape index (κ2) is 14.3. The van der Waals surface area contributed by atoms with E-state index in [4.69, 9.17) is 18.9 Å². The van der Waals surface area contributed by atoms with E-state index in [1.807, 2.05) is 19.9 Å². The fourth-order valence-electron chi connectivity index (χ4n) is 13.3. The zero-order valence-electron chi connectivity index (χ0n) is 34.3. The number of ether oxygens (including phenoxy) is 4. The SMILES string of the molecule is CC1(C(=O)[O-])CCC2(C)CCC3(C)C(=CC(=O)C4C5(C)CCC(O[C@H]6OC(C(=O)[O-])[C@@H](O)C(O)C6O[C@@H]6OC(C(=O)[O-])[C@@H](O)C(O)C6O)C(C)(C)C5CCC43C)C2C1. The lowest BCUT2D eigenvalue weighted by Crippen LogP contribution is -2.68. The number of carboxylic acid groups (broad SMARTS) is 3. The van der Waals surface area contributed by atoms with Gasteiger partial charge in [-0.1, -0.05) is 54.0 Å². The maximum absolute atomic E-state index is 14.8. The Morgan fingerprint density at radius 3 is 1.90 bits per heavy atom. The van der Waals surface area contributed by atoms with E-state index < -0.39 is 107 Å². The van der Waals surface area contributed by atoms with Crippen LogP contribution >= 0.6 is 0 Å². The van der Waals surface area contributed by atoms with Crippen molar-refractivity contribution in [2.24, 2.45) is 50.2 Å². The van der Waals surface area contributed by atoms with Crippen LogP contribution in [0.2, 0.25) is 0 Å². The number of carboxylic acids is 3. The molecule has 5 N–H and O–H groups in total. The van der Waals surface area contributed by atoms with Crippen LogP contribution < -0.4 is 15.3 Å². The molecule has 58 heavy (non-hydrogen) atoms. The van der Waals surface area contributed by atoms with Crippen LogP contribution in [-0.2, 0) is 38.1 Å². The van der Waals surface area contributed by atoms with Gasteiger partial charge in [-0.3, -0.25) is 4.79 Å². The molecule has 0 aromatic rings. The topological polar surface area (TPSA) is 276 Å². The Hall–Kier alpha value is -2.54. The molecule has 4 saturated carbocycles. The lowest BCUT2D eigenvalue weighted by molar-refractivity contribution is -0.391. The van der Waals surface area contributed by atoms with Gasteiger partial charge in [0.1, 0.15) is 48.8 Å².